The number of ketones is 1. The molecular weight excluding hydrogens is 219 g/mol. The van der Waals surface area contributed by atoms with Gasteiger partial charge in [-0.2, -0.15) is 13.2 Å². The van der Waals surface area contributed by atoms with Crippen molar-refractivity contribution in [1.82, 2.24) is 5.32 Å². The maximum Gasteiger partial charge on any atom is 0.416 e. The zero-order valence-corrected chi connectivity index (χ0v) is 8.77. The van der Waals surface area contributed by atoms with Gasteiger partial charge in [0, 0.05) is 18.5 Å². The van der Waals surface area contributed by atoms with Crippen LogP contribution in [0.1, 0.15) is 22.3 Å². The van der Waals surface area contributed by atoms with Crippen molar-refractivity contribution in [3.05, 3.63) is 35.4 Å². The standard InChI is InChI=1S/C11H12F3NO/c1-15-7-6-10(16)8-2-4-9(5-3-8)11(12,13)14/h2-5,15H,6-7H2,1H3. The highest BCUT2D eigenvalue weighted by Gasteiger charge is 2.30. The molecule has 0 radical (unpaired) electrons. The molecule has 0 aliphatic carbocycles. The van der Waals surface area contributed by atoms with Gasteiger partial charge in [-0.3, -0.25) is 4.79 Å². The summed E-state index contributed by atoms with van der Waals surface area (Å²) in [4.78, 5) is 11.4. The number of benzene rings is 1. The Balaban J connectivity index is 2.75. The highest BCUT2D eigenvalue weighted by atomic mass is 19.4. The quantitative estimate of drug-likeness (QED) is 0.806. The molecule has 5 heteroatoms. The van der Waals surface area contributed by atoms with Crippen molar-refractivity contribution in [2.45, 2.75) is 12.6 Å². The lowest BCUT2D eigenvalue weighted by atomic mass is 10.1. The molecule has 0 aliphatic heterocycles. The van der Waals surface area contributed by atoms with Gasteiger partial charge >= 0.3 is 6.18 Å². The molecule has 0 atom stereocenters. The molecule has 0 heterocycles. The Hall–Kier alpha value is -1.36. The number of alkyl halides is 3. The minimum atomic E-state index is -4.35. The summed E-state index contributed by atoms with van der Waals surface area (Å²) in [5.41, 5.74) is -0.430. The molecule has 1 N–H and O–H groups in total. The molecule has 0 aromatic heterocycles. The predicted octanol–water partition coefficient (Wildman–Crippen LogP) is 2.50. The molecule has 0 bridgehead atoms. The van der Waals surface area contributed by atoms with Gasteiger partial charge in [-0.05, 0) is 19.2 Å². The van der Waals surface area contributed by atoms with Crippen LogP contribution < -0.4 is 5.32 Å². The van der Waals surface area contributed by atoms with Gasteiger partial charge in [0.2, 0.25) is 0 Å². The summed E-state index contributed by atoms with van der Waals surface area (Å²) in [5, 5.41) is 2.80. The van der Waals surface area contributed by atoms with Crippen molar-refractivity contribution in [3.63, 3.8) is 0 Å². The first-order chi connectivity index (χ1) is 7.45. The number of hydrogen-bond donors (Lipinski definition) is 1. The van der Waals surface area contributed by atoms with Crippen molar-refractivity contribution >= 4 is 5.78 Å². The molecule has 88 valence electrons. The van der Waals surface area contributed by atoms with E-state index in [0.29, 0.717) is 12.1 Å². The van der Waals surface area contributed by atoms with Crippen LogP contribution >= 0.6 is 0 Å². The van der Waals surface area contributed by atoms with Crippen LogP contribution in [0.2, 0.25) is 0 Å². The van der Waals surface area contributed by atoms with E-state index in [1.807, 2.05) is 0 Å². The number of hydrogen-bond acceptors (Lipinski definition) is 2. The molecule has 0 amide bonds. The van der Waals surface area contributed by atoms with Crippen LogP contribution in [-0.2, 0) is 6.18 Å². The Kier molecular flexibility index (Phi) is 4.06. The fourth-order valence-corrected chi connectivity index (χ4v) is 1.23. The summed E-state index contributed by atoms with van der Waals surface area (Å²) >= 11 is 0. The third-order valence-electron chi connectivity index (χ3n) is 2.14. The van der Waals surface area contributed by atoms with Crippen LogP contribution in [0.4, 0.5) is 13.2 Å². The number of nitrogens with one attached hydrogen (secondary N) is 1. The van der Waals surface area contributed by atoms with Gasteiger partial charge in [-0.15, -0.1) is 0 Å². The minimum Gasteiger partial charge on any atom is -0.319 e. The van der Waals surface area contributed by atoms with Crippen molar-refractivity contribution in [2.24, 2.45) is 0 Å². The summed E-state index contributed by atoms with van der Waals surface area (Å²) in [7, 11) is 1.71. The zero-order chi connectivity index (χ0) is 12.2. The van der Waals surface area contributed by atoms with E-state index in [9.17, 15) is 18.0 Å². The van der Waals surface area contributed by atoms with Crippen molar-refractivity contribution in [3.8, 4) is 0 Å². The molecule has 0 saturated heterocycles. The van der Waals surface area contributed by atoms with Crippen LogP contribution in [0.3, 0.4) is 0 Å². The molecule has 16 heavy (non-hydrogen) atoms. The van der Waals surface area contributed by atoms with Crippen LogP contribution in [0.25, 0.3) is 0 Å². The molecule has 0 unspecified atom stereocenters. The predicted molar refractivity (Wildman–Crippen MR) is 54.3 cm³/mol. The second-order valence-corrected chi connectivity index (χ2v) is 3.35. The zero-order valence-electron chi connectivity index (χ0n) is 8.77. The molecule has 0 spiro atoms. The lowest BCUT2D eigenvalue weighted by molar-refractivity contribution is -0.137. The van der Waals surface area contributed by atoms with Crippen LogP contribution in [0.15, 0.2) is 24.3 Å². The van der Waals surface area contributed by atoms with E-state index < -0.39 is 11.7 Å². The fraction of sp³-hybridized carbons (Fsp3) is 0.364. The second-order valence-electron chi connectivity index (χ2n) is 3.35. The first-order valence-electron chi connectivity index (χ1n) is 4.80. The van der Waals surface area contributed by atoms with Gasteiger partial charge in [0.1, 0.15) is 0 Å². The lowest BCUT2D eigenvalue weighted by Gasteiger charge is -2.07. The molecule has 0 aliphatic rings. The van der Waals surface area contributed by atoms with Crippen LogP contribution in [-0.4, -0.2) is 19.4 Å². The Morgan fingerprint density at radius 1 is 1.25 bits per heavy atom. The monoisotopic (exact) mass is 231 g/mol. The van der Waals surface area contributed by atoms with Gasteiger partial charge in [0.05, 0.1) is 5.56 Å². The van der Waals surface area contributed by atoms with Crippen LogP contribution in [0.5, 0.6) is 0 Å². The molecule has 1 aromatic carbocycles. The van der Waals surface area contributed by atoms with E-state index in [0.717, 1.165) is 12.1 Å². The molecule has 2 nitrogen and oxygen atoms in total. The Labute approximate surface area is 91.5 Å². The number of carbonyl (C=O) groups excluding carboxylic acids is 1. The number of halogens is 3. The fourth-order valence-electron chi connectivity index (χ4n) is 1.23. The highest BCUT2D eigenvalue weighted by molar-refractivity contribution is 5.96. The van der Waals surface area contributed by atoms with E-state index in [4.69, 9.17) is 0 Å². The molecule has 0 saturated carbocycles. The van der Waals surface area contributed by atoms with Gasteiger partial charge in [-0.1, -0.05) is 12.1 Å². The van der Waals surface area contributed by atoms with Gasteiger partial charge in [-0.25, -0.2) is 0 Å². The van der Waals surface area contributed by atoms with Crippen molar-refractivity contribution in [2.75, 3.05) is 13.6 Å². The maximum absolute atomic E-state index is 12.2. The maximum atomic E-state index is 12.2. The van der Waals surface area contributed by atoms with E-state index in [2.05, 4.69) is 5.32 Å². The Morgan fingerprint density at radius 3 is 2.25 bits per heavy atom. The van der Waals surface area contributed by atoms with E-state index in [1.54, 1.807) is 7.05 Å². The van der Waals surface area contributed by atoms with E-state index >= 15 is 0 Å². The smallest absolute Gasteiger partial charge is 0.319 e. The van der Waals surface area contributed by atoms with Crippen molar-refractivity contribution in [1.29, 1.82) is 0 Å². The largest absolute Gasteiger partial charge is 0.416 e. The lowest BCUT2D eigenvalue weighted by Crippen LogP contribution is -2.13. The Morgan fingerprint density at radius 2 is 1.81 bits per heavy atom. The number of carbonyl (C=O) groups is 1. The summed E-state index contributed by atoms with van der Waals surface area (Å²) in [6.07, 6.45) is -4.07. The summed E-state index contributed by atoms with van der Waals surface area (Å²) in [6.45, 7) is 0.514. The Bertz CT molecular complexity index is 356. The van der Waals surface area contributed by atoms with Crippen molar-refractivity contribution < 1.29 is 18.0 Å². The van der Waals surface area contributed by atoms with Gasteiger partial charge in [0.25, 0.3) is 0 Å². The summed E-state index contributed by atoms with van der Waals surface area (Å²) in [5.74, 6) is -0.164. The third-order valence-corrected chi connectivity index (χ3v) is 2.14. The minimum absolute atomic E-state index is 0.164. The molecular formula is C11H12F3NO. The average Bonchev–Trinajstić information content (AvgIpc) is 2.25. The van der Waals surface area contributed by atoms with Crippen LogP contribution in [0, 0.1) is 0 Å². The first kappa shape index (κ1) is 12.7. The normalized spacial score (nSPS) is 11.5. The third kappa shape index (κ3) is 3.34. The van der Waals surface area contributed by atoms with E-state index in [-0.39, 0.29) is 12.2 Å². The second kappa shape index (κ2) is 5.12. The number of rotatable bonds is 4. The highest BCUT2D eigenvalue weighted by Crippen LogP contribution is 2.29. The van der Waals surface area contributed by atoms with Gasteiger partial charge < -0.3 is 5.32 Å². The molecule has 0 fully saturated rings. The summed E-state index contributed by atoms with van der Waals surface area (Å²) < 4.78 is 36.7. The van der Waals surface area contributed by atoms with E-state index in [1.165, 1.54) is 12.1 Å². The SMILES string of the molecule is CNCCC(=O)c1ccc(C(F)(F)F)cc1. The molecule has 1 rings (SSSR count). The molecule has 1 aromatic rings. The van der Waals surface area contributed by atoms with Gasteiger partial charge in [0.15, 0.2) is 5.78 Å². The number of Topliss-reactive ketones (excluding diaryl/α,β-unsaturated/α-hetero) is 1. The summed E-state index contributed by atoms with van der Waals surface area (Å²) in [6, 6.07) is 4.26. The average molecular weight is 231 g/mol. The first-order valence-corrected chi connectivity index (χ1v) is 4.80. The topological polar surface area (TPSA) is 29.1 Å².